The summed E-state index contributed by atoms with van der Waals surface area (Å²) in [7, 11) is 0. The Balaban J connectivity index is 2.72. The first kappa shape index (κ1) is 16.4. The highest BCUT2D eigenvalue weighted by Gasteiger charge is 2.23. The summed E-state index contributed by atoms with van der Waals surface area (Å²) >= 11 is 0. The molecule has 2 rings (SSSR count). The monoisotopic (exact) mass is 294 g/mol. The number of hydrogen-bond acceptors (Lipinski definition) is 2. The third-order valence-corrected chi connectivity index (χ3v) is 4.12. The van der Waals surface area contributed by atoms with Crippen LogP contribution < -0.4 is 0 Å². The number of nitrogens with one attached hydrogen (secondary N) is 1. The second-order valence-electron chi connectivity index (χ2n) is 6.57. The molecule has 1 atom stereocenters. The van der Waals surface area contributed by atoms with Gasteiger partial charge in [-0.15, -0.1) is 0 Å². The van der Waals surface area contributed by atoms with Gasteiger partial charge in [0, 0.05) is 12.4 Å². The standard InChI is InChI=1S/C20H26N2/c1-13(2)16-10-15(5)11-17(14(3)4)20(16)18(12-21)19-8-6-7-9-22-19/h6-14,18,21H,1-5H3. The Hall–Kier alpha value is -1.96. The molecule has 2 heteroatoms. The lowest BCUT2D eigenvalue weighted by Crippen LogP contribution is -2.13. The number of aryl methyl sites for hydroxylation is 1. The first-order valence-electron chi connectivity index (χ1n) is 8.01. The van der Waals surface area contributed by atoms with E-state index in [0.717, 1.165) is 5.69 Å². The van der Waals surface area contributed by atoms with Crippen LogP contribution in [0.3, 0.4) is 0 Å². The topological polar surface area (TPSA) is 36.7 Å². The third kappa shape index (κ3) is 3.27. The summed E-state index contributed by atoms with van der Waals surface area (Å²) in [5.74, 6) is 0.786. The summed E-state index contributed by atoms with van der Waals surface area (Å²) in [5, 5.41) is 8.00. The van der Waals surface area contributed by atoms with E-state index in [2.05, 4.69) is 51.7 Å². The van der Waals surface area contributed by atoms with Gasteiger partial charge in [0.1, 0.15) is 0 Å². The lowest BCUT2D eigenvalue weighted by atomic mass is 9.80. The van der Waals surface area contributed by atoms with Gasteiger partial charge in [-0.2, -0.15) is 0 Å². The molecular weight excluding hydrogens is 268 g/mol. The Morgan fingerprint density at radius 1 is 1.00 bits per heavy atom. The Bertz CT molecular complexity index is 613. The summed E-state index contributed by atoms with van der Waals surface area (Å²) in [6.45, 7) is 11.1. The fraction of sp³-hybridized carbons (Fsp3) is 0.400. The van der Waals surface area contributed by atoms with Crippen LogP contribution in [0.1, 0.15) is 73.4 Å². The third-order valence-electron chi connectivity index (χ3n) is 4.12. The van der Waals surface area contributed by atoms with E-state index in [0.29, 0.717) is 11.8 Å². The average molecular weight is 294 g/mol. The molecule has 0 radical (unpaired) electrons. The Morgan fingerprint density at radius 3 is 2.00 bits per heavy atom. The zero-order valence-corrected chi connectivity index (χ0v) is 14.2. The van der Waals surface area contributed by atoms with Crippen molar-refractivity contribution >= 4 is 6.21 Å². The van der Waals surface area contributed by atoms with E-state index in [1.54, 1.807) is 0 Å². The van der Waals surface area contributed by atoms with Gasteiger partial charge in [-0.25, -0.2) is 0 Å². The van der Waals surface area contributed by atoms with E-state index in [4.69, 9.17) is 5.41 Å². The van der Waals surface area contributed by atoms with E-state index in [9.17, 15) is 0 Å². The van der Waals surface area contributed by atoms with Crippen molar-refractivity contribution in [3.05, 3.63) is 64.5 Å². The highest BCUT2D eigenvalue weighted by Crippen LogP contribution is 2.36. The summed E-state index contributed by atoms with van der Waals surface area (Å²) in [6, 6.07) is 10.5. The maximum atomic E-state index is 8.00. The van der Waals surface area contributed by atoms with Crippen molar-refractivity contribution in [3.8, 4) is 0 Å². The summed E-state index contributed by atoms with van der Waals surface area (Å²) in [5.41, 5.74) is 6.18. The molecule has 0 spiro atoms. The van der Waals surface area contributed by atoms with Crippen molar-refractivity contribution in [1.29, 1.82) is 5.41 Å². The smallest absolute Gasteiger partial charge is 0.0614 e. The number of nitrogens with zero attached hydrogens (tertiary/aromatic N) is 1. The van der Waals surface area contributed by atoms with Crippen molar-refractivity contribution in [3.63, 3.8) is 0 Å². The molecule has 2 nitrogen and oxygen atoms in total. The van der Waals surface area contributed by atoms with Gasteiger partial charge in [-0.3, -0.25) is 4.98 Å². The van der Waals surface area contributed by atoms with Gasteiger partial charge in [0.2, 0.25) is 0 Å². The van der Waals surface area contributed by atoms with E-state index >= 15 is 0 Å². The fourth-order valence-electron chi connectivity index (χ4n) is 3.05. The fourth-order valence-corrected chi connectivity index (χ4v) is 3.05. The molecule has 0 saturated carbocycles. The van der Waals surface area contributed by atoms with Gasteiger partial charge in [-0.1, -0.05) is 51.5 Å². The number of aromatic nitrogens is 1. The number of pyridine rings is 1. The van der Waals surface area contributed by atoms with Crippen LogP contribution in [0.4, 0.5) is 0 Å². The molecule has 22 heavy (non-hydrogen) atoms. The van der Waals surface area contributed by atoms with Crippen LogP contribution in [0, 0.1) is 12.3 Å². The molecule has 1 N–H and O–H groups in total. The molecule has 0 aliphatic carbocycles. The van der Waals surface area contributed by atoms with Gasteiger partial charge in [0.25, 0.3) is 0 Å². The molecule has 0 amide bonds. The van der Waals surface area contributed by atoms with Crippen LogP contribution in [-0.4, -0.2) is 11.2 Å². The summed E-state index contributed by atoms with van der Waals surface area (Å²) < 4.78 is 0. The Kier molecular flexibility index (Phi) is 5.12. The molecule has 0 saturated heterocycles. The lowest BCUT2D eigenvalue weighted by molar-refractivity contribution is 0.789. The summed E-state index contributed by atoms with van der Waals surface area (Å²) in [6.07, 6.45) is 3.34. The van der Waals surface area contributed by atoms with E-state index in [-0.39, 0.29) is 5.92 Å². The van der Waals surface area contributed by atoms with Gasteiger partial charge in [-0.05, 0) is 47.6 Å². The van der Waals surface area contributed by atoms with E-state index in [1.807, 2.05) is 24.4 Å². The molecular formula is C20H26N2. The molecule has 0 aliphatic rings. The van der Waals surface area contributed by atoms with Crippen molar-refractivity contribution < 1.29 is 0 Å². The minimum Gasteiger partial charge on any atom is -0.312 e. The maximum absolute atomic E-state index is 8.00. The maximum Gasteiger partial charge on any atom is 0.0614 e. The highest BCUT2D eigenvalue weighted by atomic mass is 14.7. The highest BCUT2D eigenvalue weighted by molar-refractivity contribution is 5.72. The van der Waals surface area contributed by atoms with Crippen LogP contribution in [0.15, 0.2) is 36.5 Å². The first-order chi connectivity index (χ1) is 10.5. The Morgan fingerprint density at radius 2 is 1.59 bits per heavy atom. The average Bonchev–Trinajstić information content (AvgIpc) is 2.49. The molecule has 2 aromatic rings. The predicted octanol–water partition coefficient (Wildman–Crippen LogP) is 5.42. The van der Waals surface area contributed by atoms with Crippen molar-refractivity contribution in [2.45, 2.75) is 52.4 Å². The van der Waals surface area contributed by atoms with Crippen LogP contribution in [0.25, 0.3) is 0 Å². The van der Waals surface area contributed by atoms with Crippen molar-refractivity contribution in [2.24, 2.45) is 0 Å². The molecule has 0 bridgehead atoms. The van der Waals surface area contributed by atoms with Crippen LogP contribution >= 0.6 is 0 Å². The second-order valence-corrected chi connectivity index (χ2v) is 6.57. The van der Waals surface area contributed by atoms with Crippen LogP contribution in [-0.2, 0) is 0 Å². The van der Waals surface area contributed by atoms with Crippen LogP contribution in [0.5, 0.6) is 0 Å². The molecule has 0 aliphatic heterocycles. The van der Waals surface area contributed by atoms with E-state index < -0.39 is 0 Å². The molecule has 1 unspecified atom stereocenters. The zero-order chi connectivity index (χ0) is 16.3. The molecule has 1 heterocycles. The predicted molar refractivity (Wildman–Crippen MR) is 94.2 cm³/mol. The largest absolute Gasteiger partial charge is 0.312 e. The summed E-state index contributed by atoms with van der Waals surface area (Å²) in [4.78, 5) is 4.50. The van der Waals surface area contributed by atoms with Gasteiger partial charge in [0.15, 0.2) is 0 Å². The van der Waals surface area contributed by atoms with E-state index in [1.165, 1.54) is 28.5 Å². The molecule has 0 fully saturated rings. The molecule has 1 aromatic carbocycles. The minimum absolute atomic E-state index is 0.0726. The number of hydrogen-bond donors (Lipinski definition) is 1. The zero-order valence-electron chi connectivity index (χ0n) is 14.2. The second kappa shape index (κ2) is 6.87. The normalized spacial score (nSPS) is 12.7. The molecule has 116 valence electrons. The minimum atomic E-state index is -0.0726. The van der Waals surface area contributed by atoms with Gasteiger partial charge < -0.3 is 5.41 Å². The number of rotatable bonds is 5. The van der Waals surface area contributed by atoms with Gasteiger partial charge >= 0.3 is 0 Å². The SMILES string of the molecule is Cc1cc(C(C)C)c(C(C=N)c2ccccn2)c(C(C)C)c1. The number of benzene rings is 1. The first-order valence-corrected chi connectivity index (χ1v) is 8.01. The lowest BCUT2D eigenvalue weighted by Gasteiger charge is -2.25. The van der Waals surface area contributed by atoms with Crippen molar-refractivity contribution in [1.82, 2.24) is 4.98 Å². The molecule has 1 aromatic heterocycles. The van der Waals surface area contributed by atoms with Crippen LogP contribution in [0.2, 0.25) is 0 Å². The quantitative estimate of drug-likeness (QED) is 0.735. The van der Waals surface area contributed by atoms with Gasteiger partial charge in [0.05, 0.1) is 11.6 Å². The van der Waals surface area contributed by atoms with Crippen molar-refractivity contribution in [2.75, 3.05) is 0 Å². The Labute approximate surface area is 134 Å².